The van der Waals surface area contributed by atoms with E-state index in [1.54, 1.807) is 0 Å². The standard InChI is InChI=1S/C12H9Cl2N3O3/c13-6-1-7(14)3-8(2-6)17-11(19)9-4-15-10(18)5-16(9)12(17)20/h1-3,9H,4-5H2,(H,15,18). The monoisotopic (exact) mass is 313 g/mol. The molecule has 1 aromatic rings. The number of hydrogen-bond acceptors (Lipinski definition) is 3. The topological polar surface area (TPSA) is 69.7 Å². The van der Waals surface area contributed by atoms with Gasteiger partial charge in [-0.05, 0) is 18.2 Å². The van der Waals surface area contributed by atoms with Crippen LogP contribution in [0.4, 0.5) is 10.5 Å². The van der Waals surface area contributed by atoms with E-state index >= 15 is 0 Å². The van der Waals surface area contributed by atoms with Crippen molar-refractivity contribution in [3.63, 3.8) is 0 Å². The molecule has 0 saturated carbocycles. The van der Waals surface area contributed by atoms with Gasteiger partial charge in [-0.25, -0.2) is 9.69 Å². The van der Waals surface area contributed by atoms with Crippen molar-refractivity contribution in [2.75, 3.05) is 18.0 Å². The van der Waals surface area contributed by atoms with Gasteiger partial charge in [0.1, 0.15) is 12.6 Å². The summed E-state index contributed by atoms with van der Waals surface area (Å²) >= 11 is 11.8. The van der Waals surface area contributed by atoms with Crippen LogP contribution in [0, 0.1) is 0 Å². The van der Waals surface area contributed by atoms with Crippen LogP contribution in [-0.2, 0) is 9.59 Å². The molecule has 6 nitrogen and oxygen atoms in total. The molecule has 1 N–H and O–H groups in total. The third-order valence-corrected chi connectivity index (χ3v) is 3.67. The van der Waals surface area contributed by atoms with Gasteiger partial charge in [-0.3, -0.25) is 9.59 Å². The zero-order valence-corrected chi connectivity index (χ0v) is 11.6. The molecule has 1 unspecified atom stereocenters. The van der Waals surface area contributed by atoms with Crippen molar-refractivity contribution in [2.45, 2.75) is 6.04 Å². The Hall–Kier alpha value is -1.79. The van der Waals surface area contributed by atoms with Crippen LogP contribution in [0.3, 0.4) is 0 Å². The lowest BCUT2D eigenvalue weighted by atomic mass is 10.2. The second kappa shape index (κ2) is 4.64. The second-order valence-electron chi connectivity index (χ2n) is 4.53. The summed E-state index contributed by atoms with van der Waals surface area (Å²) in [7, 11) is 0. The Balaban J connectivity index is 2.00. The normalized spacial score (nSPS) is 22.1. The van der Waals surface area contributed by atoms with Crippen molar-refractivity contribution in [1.29, 1.82) is 0 Å². The largest absolute Gasteiger partial charge is 0.352 e. The van der Waals surface area contributed by atoms with E-state index in [1.165, 1.54) is 23.1 Å². The Morgan fingerprint density at radius 3 is 2.40 bits per heavy atom. The molecule has 20 heavy (non-hydrogen) atoms. The van der Waals surface area contributed by atoms with Crippen LogP contribution in [0.25, 0.3) is 0 Å². The summed E-state index contributed by atoms with van der Waals surface area (Å²) in [6.07, 6.45) is 0. The number of halogens is 2. The summed E-state index contributed by atoms with van der Waals surface area (Å²) in [6.45, 7) is -0.00571. The van der Waals surface area contributed by atoms with Crippen LogP contribution in [0.5, 0.6) is 0 Å². The molecule has 2 aliphatic rings. The lowest BCUT2D eigenvalue weighted by molar-refractivity contribution is -0.126. The summed E-state index contributed by atoms with van der Waals surface area (Å²) in [4.78, 5) is 38.2. The quantitative estimate of drug-likeness (QED) is 0.794. The van der Waals surface area contributed by atoms with Gasteiger partial charge in [-0.2, -0.15) is 0 Å². The van der Waals surface area contributed by atoms with Gasteiger partial charge in [0.05, 0.1) is 5.69 Å². The minimum Gasteiger partial charge on any atom is -0.352 e. The van der Waals surface area contributed by atoms with Crippen molar-refractivity contribution in [1.82, 2.24) is 10.2 Å². The lowest BCUT2D eigenvalue weighted by Gasteiger charge is -2.26. The van der Waals surface area contributed by atoms with E-state index < -0.39 is 18.0 Å². The lowest BCUT2D eigenvalue weighted by Crippen LogP contribution is -2.54. The van der Waals surface area contributed by atoms with Crippen LogP contribution in [0.1, 0.15) is 0 Å². The Bertz CT molecular complexity index is 614. The van der Waals surface area contributed by atoms with Gasteiger partial charge in [-0.1, -0.05) is 23.2 Å². The molecule has 0 aromatic heterocycles. The van der Waals surface area contributed by atoms with Crippen molar-refractivity contribution in [2.24, 2.45) is 0 Å². The number of nitrogens with one attached hydrogen (secondary N) is 1. The zero-order valence-electron chi connectivity index (χ0n) is 10.1. The number of imide groups is 1. The highest BCUT2D eigenvalue weighted by Crippen LogP contribution is 2.30. The van der Waals surface area contributed by atoms with Gasteiger partial charge in [0, 0.05) is 16.6 Å². The average Bonchev–Trinajstić information content (AvgIpc) is 2.60. The van der Waals surface area contributed by atoms with Crippen LogP contribution in [0.2, 0.25) is 10.0 Å². The van der Waals surface area contributed by atoms with E-state index in [-0.39, 0.29) is 19.0 Å². The summed E-state index contributed by atoms with van der Waals surface area (Å²) in [6, 6.07) is 3.27. The van der Waals surface area contributed by atoms with E-state index in [4.69, 9.17) is 23.2 Å². The minimum absolute atomic E-state index is 0.119. The maximum Gasteiger partial charge on any atom is 0.332 e. The smallest absolute Gasteiger partial charge is 0.332 e. The number of piperazine rings is 1. The van der Waals surface area contributed by atoms with Gasteiger partial charge in [0.15, 0.2) is 0 Å². The summed E-state index contributed by atoms with van der Waals surface area (Å²) in [5, 5.41) is 3.22. The molecular weight excluding hydrogens is 305 g/mol. The SMILES string of the molecule is O=C1CN2C(=O)N(c3cc(Cl)cc(Cl)c3)C(=O)C2CN1. The number of anilines is 1. The maximum atomic E-state index is 12.3. The summed E-state index contributed by atoms with van der Waals surface area (Å²) in [5.74, 6) is -0.679. The number of hydrogen-bond donors (Lipinski definition) is 1. The highest BCUT2D eigenvalue weighted by molar-refractivity contribution is 6.35. The number of benzene rings is 1. The fourth-order valence-electron chi connectivity index (χ4n) is 2.34. The highest BCUT2D eigenvalue weighted by atomic mass is 35.5. The van der Waals surface area contributed by atoms with Gasteiger partial charge in [-0.15, -0.1) is 0 Å². The third kappa shape index (κ3) is 2.01. The third-order valence-electron chi connectivity index (χ3n) is 3.23. The molecule has 2 fully saturated rings. The molecule has 104 valence electrons. The predicted molar refractivity (Wildman–Crippen MR) is 72.8 cm³/mol. The van der Waals surface area contributed by atoms with Crippen molar-refractivity contribution in [3.8, 4) is 0 Å². The first-order valence-electron chi connectivity index (χ1n) is 5.85. The number of carbonyl (C=O) groups is 3. The molecule has 1 atom stereocenters. The fourth-order valence-corrected chi connectivity index (χ4v) is 2.86. The van der Waals surface area contributed by atoms with Crippen LogP contribution in [0.15, 0.2) is 18.2 Å². The van der Waals surface area contributed by atoms with Crippen molar-refractivity contribution < 1.29 is 14.4 Å². The van der Waals surface area contributed by atoms with Crippen molar-refractivity contribution in [3.05, 3.63) is 28.2 Å². The van der Waals surface area contributed by atoms with E-state index in [2.05, 4.69) is 5.32 Å². The number of urea groups is 1. The molecule has 0 bridgehead atoms. The zero-order chi connectivity index (χ0) is 14.4. The van der Waals surface area contributed by atoms with Crippen LogP contribution < -0.4 is 10.2 Å². The molecule has 2 saturated heterocycles. The molecule has 8 heteroatoms. The predicted octanol–water partition coefficient (Wildman–Crippen LogP) is 1.26. The number of amides is 4. The number of fused-ring (bicyclic) bond motifs is 1. The molecule has 1 aromatic carbocycles. The molecule has 2 heterocycles. The Labute approximate surface area is 124 Å². The van der Waals surface area contributed by atoms with Crippen LogP contribution >= 0.6 is 23.2 Å². The molecule has 3 rings (SSSR count). The second-order valence-corrected chi connectivity index (χ2v) is 5.40. The van der Waals surface area contributed by atoms with Crippen LogP contribution in [-0.4, -0.2) is 41.9 Å². The van der Waals surface area contributed by atoms with Gasteiger partial charge >= 0.3 is 6.03 Å². The first-order valence-corrected chi connectivity index (χ1v) is 6.60. The number of nitrogens with zero attached hydrogens (tertiary/aromatic N) is 2. The molecule has 0 radical (unpaired) electrons. The molecule has 0 spiro atoms. The highest BCUT2D eigenvalue weighted by Gasteiger charge is 2.48. The molecular formula is C12H9Cl2N3O3. The van der Waals surface area contributed by atoms with Gasteiger partial charge in [0.2, 0.25) is 5.91 Å². The Kier molecular flexibility index (Phi) is 3.07. The maximum absolute atomic E-state index is 12.3. The van der Waals surface area contributed by atoms with Gasteiger partial charge < -0.3 is 10.2 Å². The minimum atomic E-state index is -0.669. The number of carbonyl (C=O) groups excluding carboxylic acids is 3. The van der Waals surface area contributed by atoms with E-state index in [9.17, 15) is 14.4 Å². The van der Waals surface area contributed by atoms with E-state index in [0.29, 0.717) is 15.7 Å². The van der Waals surface area contributed by atoms with E-state index in [0.717, 1.165) is 4.90 Å². The van der Waals surface area contributed by atoms with Gasteiger partial charge in [0.25, 0.3) is 5.91 Å². The first kappa shape index (κ1) is 13.2. The summed E-state index contributed by atoms with van der Waals surface area (Å²) < 4.78 is 0. The summed E-state index contributed by atoms with van der Waals surface area (Å²) in [5.41, 5.74) is 0.305. The first-order chi connectivity index (χ1) is 9.47. The molecule has 0 aliphatic carbocycles. The Morgan fingerprint density at radius 1 is 1.10 bits per heavy atom. The Morgan fingerprint density at radius 2 is 1.75 bits per heavy atom. The number of rotatable bonds is 1. The average molecular weight is 314 g/mol. The van der Waals surface area contributed by atoms with E-state index in [1.807, 2.05) is 0 Å². The molecule has 2 aliphatic heterocycles. The fraction of sp³-hybridized carbons (Fsp3) is 0.250. The van der Waals surface area contributed by atoms with Crippen molar-refractivity contribution >= 4 is 46.7 Å². The molecule has 4 amide bonds.